The predicted molar refractivity (Wildman–Crippen MR) is 248 cm³/mol. The number of benzene rings is 4. The summed E-state index contributed by atoms with van der Waals surface area (Å²) in [5.41, 5.74) is 6.59. The zero-order valence-electron chi connectivity index (χ0n) is 36.3. The predicted octanol–water partition coefficient (Wildman–Crippen LogP) is 8.63. The Hall–Kier alpha value is -6.38. The molecule has 8 rings (SSSR count). The molecule has 2 aromatic heterocycles. The third-order valence-corrected chi connectivity index (χ3v) is 11.6. The number of nitrogens with zero attached hydrogens (tertiary/aromatic N) is 8. The molecule has 0 spiro atoms. The van der Waals surface area contributed by atoms with Crippen LogP contribution >= 0.6 is 23.2 Å². The second-order valence-corrected chi connectivity index (χ2v) is 16.5. The molecule has 4 heterocycles. The number of aryl methyl sites for hydroxylation is 2. The van der Waals surface area contributed by atoms with Crippen LogP contribution in [-0.2, 0) is 9.59 Å². The van der Waals surface area contributed by atoms with Gasteiger partial charge in [0.15, 0.2) is 11.6 Å². The van der Waals surface area contributed by atoms with Crippen molar-refractivity contribution in [3.05, 3.63) is 141 Å². The largest absolute Gasteiger partial charge is 0.494 e. The maximum absolute atomic E-state index is 12.9. The molecule has 0 saturated heterocycles. The monoisotopic (exact) mass is 900 g/mol. The van der Waals surface area contributed by atoms with E-state index in [1.807, 2.05) is 122 Å². The molecule has 64 heavy (non-hydrogen) atoms. The molecular weight excluding hydrogens is 851 g/mol. The molecule has 2 atom stereocenters. The number of aromatic nitrogens is 6. The first kappa shape index (κ1) is 44.2. The van der Waals surface area contributed by atoms with Gasteiger partial charge in [-0.1, -0.05) is 47.5 Å². The highest BCUT2D eigenvalue weighted by Gasteiger charge is 2.32. The minimum Gasteiger partial charge on any atom is -0.494 e. The molecule has 16 heteroatoms. The van der Waals surface area contributed by atoms with Crippen LogP contribution in [0.4, 0.5) is 0 Å². The maximum Gasteiger partial charge on any atom is 0.222 e. The van der Waals surface area contributed by atoms with Gasteiger partial charge in [0.25, 0.3) is 0 Å². The standard InChI is InChI=1S/C48H50Cl2N10O4/c1-5-51-43(61)27-39-47-57-55-29(3)59(47)41-21-19-35(25-37(41)45(53-39)31-11-15-33(49)16-12-31)63-23-9-7-8-10-24-64-36-20-22-42-38(26-36)46(32-13-17-34(50)18-14-32)54-40(28-44(62)52-6-2)48-58-56-30(4)60(42)48/h11-22,25-26,39-40H,5-10,23-24,27-28H2,1-4H3,(H,51,61)(H,52,62)/t39-,40-/m0/s1. The number of aliphatic imine (C=N–C) groups is 2. The Bertz CT molecular complexity index is 2520. The third-order valence-electron chi connectivity index (χ3n) is 11.1. The van der Waals surface area contributed by atoms with E-state index in [0.29, 0.717) is 71.1 Å². The van der Waals surface area contributed by atoms with Crippen LogP contribution in [-0.4, -0.2) is 79.1 Å². The van der Waals surface area contributed by atoms with Gasteiger partial charge in [0, 0.05) is 45.4 Å². The number of unbranched alkanes of at least 4 members (excludes halogenated alkanes) is 3. The molecular formula is C48H50Cl2N10O4. The van der Waals surface area contributed by atoms with Gasteiger partial charge in [-0.15, -0.1) is 20.4 Å². The van der Waals surface area contributed by atoms with Crippen LogP contribution in [0.2, 0.25) is 10.0 Å². The van der Waals surface area contributed by atoms with Gasteiger partial charge < -0.3 is 20.1 Å². The maximum atomic E-state index is 12.9. The number of fused-ring (bicyclic) bond motifs is 6. The number of nitrogens with one attached hydrogen (secondary N) is 2. The molecule has 2 N–H and O–H groups in total. The first-order valence-corrected chi connectivity index (χ1v) is 22.5. The highest BCUT2D eigenvalue weighted by atomic mass is 35.5. The van der Waals surface area contributed by atoms with Crippen LogP contribution in [0.5, 0.6) is 11.5 Å². The summed E-state index contributed by atoms with van der Waals surface area (Å²) in [5, 5.41) is 24.7. The Morgan fingerprint density at radius 1 is 0.578 bits per heavy atom. The molecule has 0 aliphatic carbocycles. The van der Waals surface area contributed by atoms with Gasteiger partial charge in [0.1, 0.15) is 35.2 Å². The number of rotatable bonds is 17. The highest BCUT2D eigenvalue weighted by Crippen LogP contribution is 2.36. The first-order valence-electron chi connectivity index (χ1n) is 21.7. The molecule has 6 aromatic rings. The van der Waals surface area contributed by atoms with Gasteiger partial charge in [-0.25, -0.2) is 0 Å². The lowest BCUT2D eigenvalue weighted by atomic mass is 10.00. The lowest BCUT2D eigenvalue weighted by Crippen LogP contribution is -2.25. The second kappa shape index (κ2) is 20.0. The Morgan fingerprint density at radius 2 is 0.984 bits per heavy atom. The molecule has 2 amide bonds. The molecule has 2 aliphatic rings. The summed E-state index contributed by atoms with van der Waals surface area (Å²) in [4.78, 5) is 36.0. The quantitative estimate of drug-likeness (QED) is 0.0860. The molecule has 0 bridgehead atoms. The first-order chi connectivity index (χ1) is 31.1. The fourth-order valence-electron chi connectivity index (χ4n) is 8.11. The molecule has 14 nitrogen and oxygen atoms in total. The molecule has 330 valence electrons. The number of halogens is 2. The molecule has 2 aliphatic heterocycles. The summed E-state index contributed by atoms with van der Waals surface area (Å²) in [6.45, 7) is 9.70. The van der Waals surface area contributed by atoms with Gasteiger partial charge in [-0.2, -0.15) is 0 Å². The van der Waals surface area contributed by atoms with Crippen molar-refractivity contribution in [2.75, 3.05) is 26.3 Å². The summed E-state index contributed by atoms with van der Waals surface area (Å²) >= 11 is 12.6. The Labute approximate surface area is 382 Å². The topological polar surface area (TPSA) is 163 Å². The SMILES string of the molecule is CCNC(=O)C[C@@H]1N=C(c2ccc(Cl)cc2)c2cc(OCCCCCCOc3ccc4c(c3)C(c3ccc(Cl)cc3)=N[C@@H](CC(=O)NCC)c3nnc(C)n3-4)ccc2-n2c(C)nnc21. The Morgan fingerprint density at radius 3 is 1.38 bits per heavy atom. The zero-order valence-corrected chi connectivity index (χ0v) is 37.8. The van der Waals surface area contributed by atoms with Gasteiger partial charge in [-0.3, -0.25) is 28.7 Å². The fourth-order valence-corrected chi connectivity index (χ4v) is 8.36. The minimum atomic E-state index is -0.553. The van der Waals surface area contributed by atoms with Crippen LogP contribution in [0, 0.1) is 13.8 Å². The Kier molecular flexibility index (Phi) is 13.8. The highest BCUT2D eigenvalue weighted by molar-refractivity contribution is 6.31. The van der Waals surface area contributed by atoms with Crippen molar-refractivity contribution in [2.45, 2.75) is 78.3 Å². The minimum absolute atomic E-state index is 0.111. The van der Waals surface area contributed by atoms with E-state index < -0.39 is 12.1 Å². The van der Waals surface area contributed by atoms with Crippen molar-refractivity contribution in [2.24, 2.45) is 9.98 Å². The van der Waals surface area contributed by atoms with Crippen molar-refractivity contribution in [3.8, 4) is 22.9 Å². The number of ether oxygens (including phenoxy) is 2. The van der Waals surface area contributed by atoms with E-state index in [-0.39, 0.29) is 24.7 Å². The van der Waals surface area contributed by atoms with E-state index in [1.54, 1.807) is 0 Å². The Balaban J connectivity index is 0.923. The van der Waals surface area contributed by atoms with E-state index in [9.17, 15) is 9.59 Å². The van der Waals surface area contributed by atoms with Crippen LogP contribution in [0.3, 0.4) is 0 Å². The van der Waals surface area contributed by atoms with Gasteiger partial charge in [-0.05, 0) is 114 Å². The second-order valence-electron chi connectivity index (χ2n) is 15.7. The summed E-state index contributed by atoms with van der Waals surface area (Å²) in [6, 6.07) is 25.9. The van der Waals surface area contributed by atoms with E-state index in [4.69, 9.17) is 42.7 Å². The number of hydrogen-bond donors (Lipinski definition) is 2. The van der Waals surface area contributed by atoms with E-state index in [1.165, 1.54) is 0 Å². The summed E-state index contributed by atoms with van der Waals surface area (Å²) in [7, 11) is 0. The van der Waals surface area contributed by atoms with Crippen LogP contribution in [0.15, 0.2) is 94.9 Å². The van der Waals surface area contributed by atoms with Crippen LogP contribution in [0.1, 0.15) is 110 Å². The number of carbonyl (C=O) groups excluding carboxylic acids is 2. The van der Waals surface area contributed by atoms with Crippen molar-refractivity contribution in [3.63, 3.8) is 0 Å². The normalized spacial score (nSPS) is 15.0. The smallest absolute Gasteiger partial charge is 0.222 e. The summed E-state index contributed by atoms with van der Waals surface area (Å²) in [6.07, 6.45) is 3.89. The van der Waals surface area contributed by atoms with E-state index in [2.05, 4.69) is 31.0 Å². The summed E-state index contributed by atoms with van der Waals surface area (Å²) in [5.74, 6) is 3.82. The van der Waals surface area contributed by atoms with E-state index in [0.717, 1.165) is 70.7 Å². The van der Waals surface area contributed by atoms with Gasteiger partial charge >= 0.3 is 0 Å². The lowest BCUT2D eigenvalue weighted by molar-refractivity contribution is -0.122. The van der Waals surface area contributed by atoms with Gasteiger partial charge in [0.05, 0.1) is 48.9 Å². The lowest BCUT2D eigenvalue weighted by Gasteiger charge is -2.15. The van der Waals surface area contributed by atoms with Crippen molar-refractivity contribution >= 4 is 46.4 Å². The molecule has 0 radical (unpaired) electrons. The van der Waals surface area contributed by atoms with E-state index >= 15 is 0 Å². The molecule has 0 fully saturated rings. The van der Waals surface area contributed by atoms with Crippen LogP contribution in [0.25, 0.3) is 11.4 Å². The summed E-state index contributed by atoms with van der Waals surface area (Å²) < 4.78 is 16.6. The number of amides is 2. The van der Waals surface area contributed by atoms with Gasteiger partial charge in [0.2, 0.25) is 11.8 Å². The number of hydrogen-bond acceptors (Lipinski definition) is 10. The van der Waals surface area contributed by atoms with Crippen molar-refractivity contribution < 1.29 is 19.1 Å². The van der Waals surface area contributed by atoms with Crippen molar-refractivity contribution in [1.82, 2.24) is 40.2 Å². The van der Waals surface area contributed by atoms with Crippen LogP contribution < -0.4 is 20.1 Å². The fraction of sp³-hybridized carbons (Fsp3) is 0.333. The molecule has 0 saturated carbocycles. The molecule has 4 aromatic carbocycles. The number of carbonyl (C=O) groups is 2. The average Bonchev–Trinajstić information content (AvgIpc) is 3.79. The third kappa shape index (κ3) is 9.73. The molecule has 0 unspecified atom stereocenters. The zero-order chi connectivity index (χ0) is 44.7. The van der Waals surface area contributed by atoms with Crippen molar-refractivity contribution in [1.29, 1.82) is 0 Å². The average molecular weight is 902 g/mol.